The summed E-state index contributed by atoms with van der Waals surface area (Å²) in [5, 5.41) is 3.38. The number of rotatable bonds is 9. The number of hydrogen-bond acceptors (Lipinski definition) is 10. The highest BCUT2D eigenvalue weighted by Crippen LogP contribution is 2.25. The number of ether oxygens (including phenoxy) is 4. The van der Waals surface area contributed by atoms with E-state index in [4.69, 9.17) is 47.9 Å². The molecule has 3 amide bonds. The van der Waals surface area contributed by atoms with Crippen molar-refractivity contribution in [2.75, 3.05) is 26.3 Å². The molecule has 0 unspecified atom stereocenters. The second kappa shape index (κ2) is 16.5. The van der Waals surface area contributed by atoms with Gasteiger partial charge in [-0.1, -0.05) is 23.2 Å². The van der Waals surface area contributed by atoms with Gasteiger partial charge >= 0.3 is 12.2 Å². The maximum absolute atomic E-state index is 12.1. The molecule has 2 fully saturated rings. The Labute approximate surface area is 286 Å². The van der Waals surface area contributed by atoms with Crippen molar-refractivity contribution in [3.63, 3.8) is 0 Å². The van der Waals surface area contributed by atoms with Crippen LogP contribution in [-0.4, -0.2) is 87.5 Å². The first-order chi connectivity index (χ1) is 22.0. The summed E-state index contributed by atoms with van der Waals surface area (Å²) in [6.07, 6.45) is 4.20. The van der Waals surface area contributed by atoms with Crippen LogP contribution < -0.4 is 20.5 Å². The number of carbonyl (C=O) groups is 3. The Hall–Kier alpha value is -3.55. The molecule has 0 aromatic carbocycles. The smallest absolute Gasteiger partial charge is 0.410 e. The number of amides is 3. The van der Waals surface area contributed by atoms with Gasteiger partial charge in [-0.15, -0.1) is 0 Å². The van der Waals surface area contributed by atoms with E-state index in [0.717, 1.165) is 18.4 Å². The third kappa shape index (κ3) is 12.2. The number of pyridine rings is 2. The van der Waals surface area contributed by atoms with E-state index in [2.05, 4.69) is 15.3 Å². The molecule has 0 radical (unpaired) electrons. The van der Waals surface area contributed by atoms with Gasteiger partial charge in [-0.2, -0.15) is 0 Å². The van der Waals surface area contributed by atoms with Crippen LogP contribution in [0.25, 0.3) is 0 Å². The molecule has 2 aromatic heterocycles. The first-order valence-electron chi connectivity index (χ1n) is 15.4. The molecule has 2 aliphatic rings. The molecule has 47 heavy (non-hydrogen) atoms. The first kappa shape index (κ1) is 37.9. The van der Waals surface area contributed by atoms with Crippen LogP contribution in [0.1, 0.15) is 72.4 Å². The predicted octanol–water partition coefficient (Wildman–Crippen LogP) is 5.34. The van der Waals surface area contributed by atoms with E-state index in [1.165, 1.54) is 13.1 Å². The average Bonchev–Trinajstić information content (AvgIpc) is 2.91. The molecule has 0 saturated carbocycles. The maximum atomic E-state index is 12.1. The molecule has 2 aliphatic heterocycles. The Balaban J connectivity index is 0.000000257. The van der Waals surface area contributed by atoms with E-state index in [1.807, 2.05) is 41.5 Å². The lowest BCUT2D eigenvalue weighted by molar-refractivity contribution is -0.119. The van der Waals surface area contributed by atoms with Crippen LogP contribution in [-0.2, 0) is 27.4 Å². The fourth-order valence-electron chi connectivity index (χ4n) is 4.32. The average molecular weight is 698 g/mol. The number of nitrogens with two attached hydrogens (primary N) is 1. The lowest BCUT2D eigenvalue weighted by atomic mass is 10.1. The molecule has 15 heteroatoms. The number of nitrogens with one attached hydrogen (secondary N) is 1. The summed E-state index contributed by atoms with van der Waals surface area (Å²) in [6.45, 7) is 15.2. The van der Waals surface area contributed by atoms with Gasteiger partial charge in [-0.25, -0.2) is 19.6 Å². The van der Waals surface area contributed by atoms with Crippen LogP contribution >= 0.6 is 23.2 Å². The van der Waals surface area contributed by atoms with Crippen LogP contribution in [0.2, 0.25) is 10.3 Å². The van der Waals surface area contributed by atoms with Crippen molar-refractivity contribution in [2.45, 2.75) is 97.7 Å². The van der Waals surface area contributed by atoms with E-state index >= 15 is 0 Å². The van der Waals surface area contributed by atoms with Crippen LogP contribution in [0.5, 0.6) is 11.5 Å². The Kier molecular flexibility index (Phi) is 13.3. The van der Waals surface area contributed by atoms with E-state index in [9.17, 15) is 14.4 Å². The van der Waals surface area contributed by atoms with Gasteiger partial charge in [0.2, 0.25) is 5.91 Å². The number of nitrogens with zero attached hydrogens (tertiary/aromatic N) is 4. The molecule has 13 nitrogen and oxygen atoms in total. The van der Waals surface area contributed by atoms with Gasteiger partial charge in [0.15, 0.2) is 0 Å². The van der Waals surface area contributed by atoms with E-state index < -0.39 is 11.2 Å². The maximum Gasteiger partial charge on any atom is 0.410 e. The Bertz CT molecular complexity index is 1400. The summed E-state index contributed by atoms with van der Waals surface area (Å²) in [5.74, 6) is 0.992. The number of halogens is 2. The van der Waals surface area contributed by atoms with E-state index in [-0.39, 0.29) is 36.7 Å². The van der Waals surface area contributed by atoms with Crippen molar-refractivity contribution in [3.8, 4) is 11.5 Å². The molecule has 2 saturated heterocycles. The molecule has 3 N–H and O–H groups in total. The summed E-state index contributed by atoms with van der Waals surface area (Å²) >= 11 is 11.9. The van der Waals surface area contributed by atoms with Crippen molar-refractivity contribution in [1.82, 2.24) is 25.1 Å². The second-order valence-corrected chi connectivity index (χ2v) is 13.9. The normalized spacial score (nSPS) is 17.3. The second-order valence-electron chi connectivity index (χ2n) is 13.2. The van der Waals surface area contributed by atoms with Crippen molar-refractivity contribution in [3.05, 3.63) is 46.0 Å². The standard InChI is InChI=1S/C17H24ClN3O4.C15H22ClN3O3/c1-11(22)19-8-12-7-14(9-20-15(12)18)24-10-13-5-6-21(13)16(23)25-17(2,3)4;1-15(2,3)22-14(20)19-5-4-11(19)9-21-12-6-10(7-17)13(16)18-8-12/h7,9,13H,5-6,8,10H2,1-4H3,(H,19,22);6,8,11H,4-5,7,9,17H2,1-3H3/t13-;11-/m00/s1. The lowest BCUT2D eigenvalue weighted by Gasteiger charge is -2.41. The zero-order chi connectivity index (χ0) is 34.9. The molecule has 260 valence electrons. The number of carbonyl (C=O) groups excluding carboxylic acids is 3. The summed E-state index contributed by atoms with van der Waals surface area (Å²) < 4.78 is 22.2. The topological polar surface area (TPSA) is 158 Å². The molecule has 4 rings (SSSR count). The van der Waals surface area contributed by atoms with Gasteiger partial charge in [0.1, 0.15) is 46.2 Å². The summed E-state index contributed by atoms with van der Waals surface area (Å²) in [4.78, 5) is 46.6. The minimum atomic E-state index is -0.517. The highest BCUT2D eigenvalue weighted by molar-refractivity contribution is 6.30. The van der Waals surface area contributed by atoms with Crippen LogP contribution in [0, 0.1) is 0 Å². The third-order valence-corrected chi connectivity index (χ3v) is 7.63. The highest BCUT2D eigenvalue weighted by atomic mass is 35.5. The summed E-state index contributed by atoms with van der Waals surface area (Å²) in [5.41, 5.74) is 5.98. The van der Waals surface area contributed by atoms with Crippen molar-refractivity contribution in [2.24, 2.45) is 5.73 Å². The molecular formula is C32H46Cl2N6O7. The molecule has 4 heterocycles. The van der Waals surface area contributed by atoms with Crippen LogP contribution in [0.15, 0.2) is 24.5 Å². The fraction of sp³-hybridized carbons (Fsp3) is 0.594. The molecule has 0 spiro atoms. The van der Waals surface area contributed by atoms with Gasteiger partial charge in [0, 0.05) is 44.2 Å². The monoisotopic (exact) mass is 696 g/mol. The molecule has 2 atom stereocenters. The van der Waals surface area contributed by atoms with Gasteiger partial charge < -0.3 is 39.8 Å². The van der Waals surface area contributed by atoms with Crippen LogP contribution in [0.3, 0.4) is 0 Å². The van der Waals surface area contributed by atoms with Gasteiger partial charge in [-0.05, 0) is 66.5 Å². The quantitative estimate of drug-likeness (QED) is 0.328. The molecule has 0 bridgehead atoms. The van der Waals surface area contributed by atoms with Crippen molar-refractivity contribution >= 4 is 41.3 Å². The minimum Gasteiger partial charge on any atom is -0.490 e. The third-order valence-electron chi connectivity index (χ3n) is 6.95. The van der Waals surface area contributed by atoms with Crippen LogP contribution in [0.4, 0.5) is 9.59 Å². The van der Waals surface area contributed by atoms with Crippen molar-refractivity contribution in [1.29, 1.82) is 0 Å². The number of likely N-dealkylation sites (tertiary alicyclic amines) is 2. The Morgan fingerprint density at radius 1 is 0.830 bits per heavy atom. The zero-order valence-electron chi connectivity index (χ0n) is 28.1. The van der Waals surface area contributed by atoms with E-state index in [0.29, 0.717) is 60.2 Å². The predicted molar refractivity (Wildman–Crippen MR) is 178 cm³/mol. The zero-order valence-corrected chi connectivity index (χ0v) is 29.6. The Morgan fingerprint density at radius 3 is 1.62 bits per heavy atom. The lowest BCUT2D eigenvalue weighted by Crippen LogP contribution is -2.55. The number of aromatic nitrogens is 2. The molecule has 2 aromatic rings. The number of hydrogen-bond donors (Lipinski definition) is 2. The SMILES string of the molecule is CC(=O)NCc1cc(OC[C@@H]2CCN2C(=O)OC(C)(C)C)cnc1Cl.CC(C)(C)OC(=O)N1CC[C@H]1COc1cnc(Cl)c(CN)c1. The highest BCUT2D eigenvalue weighted by Gasteiger charge is 2.36. The summed E-state index contributed by atoms with van der Waals surface area (Å²) in [6, 6.07) is 3.50. The largest absolute Gasteiger partial charge is 0.490 e. The van der Waals surface area contributed by atoms with E-state index in [1.54, 1.807) is 28.1 Å². The van der Waals surface area contributed by atoms with Gasteiger partial charge in [0.25, 0.3) is 0 Å². The van der Waals surface area contributed by atoms with Crippen molar-refractivity contribution < 1.29 is 33.3 Å². The summed E-state index contributed by atoms with van der Waals surface area (Å²) in [7, 11) is 0. The molecule has 0 aliphatic carbocycles. The fourth-order valence-corrected chi connectivity index (χ4v) is 4.67. The first-order valence-corrected chi connectivity index (χ1v) is 16.2. The minimum absolute atomic E-state index is 0.0202. The van der Waals surface area contributed by atoms with Gasteiger partial charge in [0.05, 0.1) is 24.5 Å². The molecular weight excluding hydrogens is 651 g/mol. The van der Waals surface area contributed by atoms with Gasteiger partial charge in [-0.3, -0.25) is 4.79 Å². The Morgan fingerprint density at radius 2 is 1.26 bits per heavy atom.